The largest absolute Gasteiger partial charge is 0.305 e. The zero-order chi connectivity index (χ0) is 15.4. The lowest BCUT2D eigenvalue weighted by atomic mass is 10.0. The van der Waals surface area contributed by atoms with Gasteiger partial charge >= 0.3 is 0 Å². The predicted molar refractivity (Wildman–Crippen MR) is 82.1 cm³/mol. The highest BCUT2D eigenvalue weighted by molar-refractivity contribution is 9.10. The summed E-state index contributed by atoms with van der Waals surface area (Å²) in [6.45, 7) is 5.41. The van der Waals surface area contributed by atoms with Gasteiger partial charge in [0.15, 0.2) is 0 Å². The second kappa shape index (κ2) is 7.13. The van der Waals surface area contributed by atoms with Gasteiger partial charge in [-0.1, -0.05) is 13.0 Å². The number of benzene rings is 1. The van der Waals surface area contributed by atoms with Gasteiger partial charge in [0.1, 0.15) is 11.6 Å². The molecule has 6 heteroatoms. The Morgan fingerprint density at radius 1 is 1.33 bits per heavy atom. The zero-order valence-electron chi connectivity index (χ0n) is 12.0. The molecule has 0 aliphatic heterocycles. The highest BCUT2D eigenvalue weighted by Gasteiger charge is 2.23. The normalized spacial score (nSPS) is 12.6. The van der Waals surface area contributed by atoms with E-state index in [0.29, 0.717) is 12.1 Å². The first-order chi connectivity index (χ1) is 10.1. The Labute approximate surface area is 131 Å². The Morgan fingerprint density at radius 3 is 2.71 bits per heavy atom. The molecule has 1 N–H and O–H groups in total. The summed E-state index contributed by atoms with van der Waals surface area (Å²) < 4.78 is 29.9. The van der Waals surface area contributed by atoms with E-state index < -0.39 is 11.6 Å². The van der Waals surface area contributed by atoms with Crippen LogP contribution in [0.15, 0.2) is 28.9 Å². The van der Waals surface area contributed by atoms with Crippen molar-refractivity contribution in [1.82, 2.24) is 15.1 Å². The first-order valence-electron chi connectivity index (χ1n) is 6.98. The summed E-state index contributed by atoms with van der Waals surface area (Å²) in [4.78, 5) is 0. The number of aryl methyl sites for hydroxylation is 1. The topological polar surface area (TPSA) is 29.9 Å². The molecule has 0 fully saturated rings. The molecule has 0 aliphatic rings. The summed E-state index contributed by atoms with van der Waals surface area (Å²) in [5, 5.41) is 7.58. The fraction of sp³-hybridized carbons (Fsp3) is 0.400. The second-order valence-electron chi connectivity index (χ2n) is 4.75. The van der Waals surface area contributed by atoms with Crippen molar-refractivity contribution in [2.24, 2.45) is 0 Å². The van der Waals surface area contributed by atoms with Crippen molar-refractivity contribution in [2.45, 2.75) is 32.9 Å². The number of aromatic nitrogens is 2. The molecule has 0 radical (unpaired) electrons. The quantitative estimate of drug-likeness (QED) is 0.845. The lowest BCUT2D eigenvalue weighted by Crippen LogP contribution is -2.27. The van der Waals surface area contributed by atoms with Crippen molar-refractivity contribution >= 4 is 15.9 Å². The average molecular weight is 358 g/mol. The van der Waals surface area contributed by atoms with Crippen molar-refractivity contribution < 1.29 is 8.78 Å². The Bertz CT molecular complexity index is 613. The molecular formula is C15H18BrF2N3. The minimum absolute atomic E-state index is 0.373. The minimum Gasteiger partial charge on any atom is -0.305 e. The van der Waals surface area contributed by atoms with Crippen molar-refractivity contribution in [3.05, 3.63) is 51.8 Å². The smallest absolute Gasteiger partial charge is 0.131 e. The van der Waals surface area contributed by atoms with Crippen molar-refractivity contribution in [3.8, 4) is 0 Å². The van der Waals surface area contributed by atoms with E-state index in [1.807, 2.05) is 13.8 Å². The SMILES string of the molecule is CCCNC(c1ccc(F)cc1F)c1c(Br)cnn1CC. The first kappa shape index (κ1) is 16.1. The van der Waals surface area contributed by atoms with Gasteiger partial charge in [0.05, 0.1) is 22.4 Å². The van der Waals surface area contributed by atoms with E-state index in [1.54, 1.807) is 10.9 Å². The molecule has 1 aromatic heterocycles. The molecule has 1 unspecified atom stereocenters. The van der Waals surface area contributed by atoms with Crippen molar-refractivity contribution in [1.29, 1.82) is 0 Å². The van der Waals surface area contributed by atoms with Gasteiger partial charge in [-0.2, -0.15) is 5.10 Å². The summed E-state index contributed by atoms with van der Waals surface area (Å²) in [7, 11) is 0. The van der Waals surface area contributed by atoms with Crippen LogP contribution in [-0.4, -0.2) is 16.3 Å². The van der Waals surface area contributed by atoms with Crippen molar-refractivity contribution in [2.75, 3.05) is 6.54 Å². The maximum atomic E-state index is 14.2. The van der Waals surface area contributed by atoms with Crippen LogP contribution in [0.2, 0.25) is 0 Å². The van der Waals surface area contributed by atoms with E-state index in [2.05, 4.69) is 26.3 Å². The molecular weight excluding hydrogens is 340 g/mol. The van der Waals surface area contributed by atoms with E-state index >= 15 is 0 Å². The number of hydrogen-bond donors (Lipinski definition) is 1. The van der Waals surface area contributed by atoms with Gasteiger partial charge < -0.3 is 5.32 Å². The van der Waals surface area contributed by atoms with Gasteiger partial charge in [0, 0.05) is 18.2 Å². The third-order valence-corrected chi connectivity index (χ3v) is 3.89. The minimum atomic E-state index is -0.575. The number of rotatable bonds is 6. The molecule has 2 aromatic rings. The van der Waals surface area contributed by atoms with Crippen LogP contribution in [-0.2, 0) is 6.54 Å². The van der Waals surface area contributed by atoms with Crippen molar-refractivity contribution in [3.63, 3.8) is 0 Å². The monoisotopic (exact) mass is 357 g/mol. The van der Waals surface area contributed by atoms with Gasteiger partial charge in [-0.3, -0.25) is 4.68 Å². The third kappa shape index (κ3) is 3.49. The standard InChI is InChI=1S/C15H18BrF2N3/c1-3-7-19-14(11-6-5-10(17)8-13(11)18)15-12(16)9-20-21(15)4-2/h5-6,8-9,14,19H,3-4,7H2,1-2H3. The van der Waals surface area contributed by atoms with Gasteiger partial charge in [0.25, 0.3) is 0 Å². The second-order valence-corrected chi connectivity index (χ2v) is 5.60. The summed E-state index contributed by atoms with van der Waals surface area (Å²) >= 11 is 3.47. The van der Waals surface area contributed by atoms with Crippen LogP contribution >= 0.6 is 15.9 Å². The molecule has 2 rings (SSSR count). The lowest BCUT2D eigenvalue weighted by Gasteiger charge is -2.21. The van der Waals surface area contributed by atoms with E-state index in [9.17, 15) is 8.78 Å². The van der Waals surface area contributed by atoms with E-state index in [4.69, 9.17) is 0 Å². The molecule has 21 heavy (non-hydrogen) atoms. The van der Waals surface area contributed by atoms with E-state index in [-0.39, 0.29) is 6.04 Å². The van der Waals surface area contributed by atoms with Crippen LogP contribution in [0.5, 0.6) is 0 Å². The Balaban J connectivity index is 2.49. The van der Waals surface area contributed by atoms with Gasteiger partial charge in [0.2, 0.25) is 0 Å². The molecule has 3 nitrogen and oxygen atoms in total. The summed E-state index contributed by atoms with van der Waals surface area (Å²) in [6.07, 6.45) is 2.61. The number of nitrogens with one attached hydrogen (secondary N) is 1. The maximum absolute atomic E-state index is 14.2. The van der Waals surface area contributed by atoms with Crippen LogP contribution in [0.25, 0.3) is 0 Å². The van der Waals surface area contributed by atoms with Crippen LogP contribution < -0.4 is 5.32 Å². The molecule has 0 saturated carbocycles. The summed E-state index contributed by atoms with van der Waals surface area (Å²) in [5.41, 5.74) is 1.26. The summed E-state index contributed by atoms with van der Waals surface area (Å²) in [5.74, 6) is -1.13. The molecule has 0 amide bonds. The fourth-order valence-electron chi connectivity index (χ4n) is 2.29. The van der Waals surface area contributed by atoms with Gasteiger partial charge in [-0.25, -0.2) is 8.78 Å². The molecule has 114 valence electrons. The Morgan fingerprint density at radius 2 is 2.10 bits per heavy atom. The molecule has 0 aliphatic carbocycles. The van der Waals surface area contributed by atoms with Crippen LogP contribution in [0.1, 0.15) is 37.6 Å². The van der Waals surface area contributed by atoms with Crippen LogP contribution in [0, 0.1) is 11.6 Å². The molecule has 1 aromatic carbocycles. The Kier molecular flexibility index (Phi) is 5.47. The van der Waals surface area contributed by atoms with Crippen LogP contribution in [0.3, 0.4) is 0 Å². The fourth-order valence-corrected chi connectivity index (χ4v) is 2.81. The lowest BCUT2D eigenvalue weighted by molar-refractivity contribution is 0.499. The van der Waals surface area contributed by atoms with Gasteiger partial charge in [-0.05, 0) is 41.9 Å². The number of halogens is 3. The highest BCUT2D eigenvalue weighted by Crippen LogP contribution is 2.30. The molecule has 0 bridgehead atoms. The number of nitrogens with zero attached hydrogens (tertiary/aromatic N) is 2. The highest BCUT2D eigenvalue weighted by atomic mass is 79.9. The maximum Gasteiger partial charge on any atom is 0.131 e. The van der Waals surface area contributed by atoms with E-state index in [1.165, 1.54) is 12.1 Å². The third-order valence-electron chi connectivity index (χ3n) is 3.28. The summed E-state index contributed by atoms with van der Waals surface area (Å²) in [6, 6.07) is 3.30. The first-order valence-corrected chi connectivity index (χ1v) is 7.77. The zero-order valence-corrected chi connectivity index (χ0v) is 13.6. The molecule has 1 atom stereocenters. The molecule has 0 spiro atoms. The number of hydrogen-bond acceptors (Lipinski definition) is 2. The predicted octanol–water partition coefficient (Wildman–Crippen LogP) is 4.03. The average Bonchev–Trinajstić information content (AvgIpc) is 2.82. The van der Waals surface area contributed by atoms with E-state index in [0.717, 1.165) is 29.2 Å². The molecule has 0 saturated heterocycles. The Hall–Kier alpha value is -1.27. The van der Waals surface area contributed by atoms with Crippen LogP contribution in [0.4, 0.5) is 8.78 Å². The molecule has 1 heterocycles. The van der Waals surface area contributed by atoms with Gasteiger partial charge in [-0.15, -0.1) is 0 Å².